The van der Waals surface area contributed by atoms with Crippen LogP contribution in [0, 0.1) is 11.8 Å². The van der Waals surface area contributed by atoms with Crippen LogP contribution in [0.4, 0.5) is 0 Å². The van der Waals surface area contributed by atoms with Crippen LogP contribution in [0.25, 0.3) is 0 Å². The van der Waals surface area contributed by atoms with Gasteiger partial charge in [-0.2, -0.15) is 0 Å². The average Bonchev–Trinajstić information content (AvgIpc) is 2.73. The highest BCUT2D eigenvalue weighted by Gasteiger charge is 2.48. The van der Waals surface area contributed by atoms with Crippen LogP contribution in [0.3, 0.4) is 0 Å². The van der Waals surface area contributed by atoms with Crippen LogP contribution in [0.15, 0.2) is 23.8 Å². The first-order valence-corrected chi connectivity index (χ1v) is 7.11. The molecule has 15 heavy (non-hydrogen) atoms. The minimum atomic E-state index is -1.68. The molecule has 0 aromatic heterocycles. The first kappa shape index (κ1) is 12.0. The van der Waals surface area contributed by atoms with E-state index in [2.05, 4.69) is 12.2 Å². The fraction of sp³-hybridized carbons (Fsp3) is 0.600. The van der Waals surface area contributed by atoms with Gasteiger partial charge >= 0.3 is 0 Å². The Morgan fingerprint density at radius 1 is 1.47 bits per heavy atom. The van der Waals surface area contributed by atoms with Crippen LogP contribution in [-0.4, -0.2) is 12.6 Å². The van der Waals surface area contributed by atoms with Gasteiger partial charge in [0.15, 0.2) is 0 Å². The number of rotatable bonds is 1. The van der Waals surface area contributed by atoms with E-state index in [9.17, 15) is 4.21 Å². The third kappa shape index (κ3) is 2.02. The molecule has 2 aliphatic carbocycles. The van der Waals surface area contributed by atoms with E-state index < -0.39 is 13.9 Å². The lowest BCUT2D eigenvalue weighted by atomic mass is 10.0. The summed E-state index contributed by atoms with van der Waals surface area (Å²) in [6, 6.07) is 0. The quantitative estimate of drug-likeness (QED) is 0.531. The first-order valence-electron chi connectivity index (χ1n) is 4.77. The van der Waals surface area contributed by atoms with Crippen molar-refractivity contribution in [3.05, 3.63) is 23.8 Å². The normalized spacial score (nSPS) is 38.9. The molecule has 1 fully saturated rings. The second-order valence-corrected chi connectivity index (χ2v) is 8.51. The Balaban J connectivity index is 2.31. The molecular formula is C10H11Cl3OS. The van der Waals surface area contributed by atoms with Crippen LogP contribution in [0.2, 0.25) is 0 Å². The Bertz CT molecular complexity index is 356. The summed E-state index contributed by atoms with van der Waals surface area (Å²) in [6.07, 6.45) is 7.27. The average molecular weight is 286 g/mol. The van der Waals surface area contributed by atoms with E-state index in [-0.39, 0.29) is 11.2 Å². The van der Waals surface area contributed by atoms with Gasteiger partial charge in [-0.25, -0.2) is 0 Å². The van der Waals surface area contributed by atoms with Crippen LogP contribution in [0.1, 0.15) is 13.3 Å². The molecule has 0 heterocycles. The van der Waals surface area contributed by atoms with Gasteiger partial charge in [-0.15, -0.1) is 0 Å². The third-order valence-electron chi connectivity index (χ3n) is 3.05. The molecule has 1 saturated carbocycles. The molecule has 0 aliphatic heterocycles. The Labute approximate surface area is 107 Å². The maximum absolute atomic E-state index is 12.1. The van der Waals surface area contributed by atoms with Crippen molar-refractivity contribution >= 4 is 45.6 Å². The molecule has 5 heteroatoms. The summed E-state index contributed by atoms with van der Waals surface area (Å²) in [5.74, 6) is 0.680. The van der Waals surface area contributed by atoms with Gasteiger partial charge in [0.2, 0.25) is 0 Å². The van der Waals surface area contributed by atoms with Gasteiger partial charge in [0.1, 0.15) is 0 Å². The second-order valence-electron chi connectivity index (χ2n) is 3.84. The molecular weight excluding hydrogens is 275 g/mol. The second kappa shape index (κ2) is 4.06. The zero-order chi connectivity index (χ0) is 11.2. The lowest BCUT2D eigenvalue weighted by molar-refractivity contribution is 0.652. The zero-order valence-corrected chi connectivity index (χ0v) is 11.2. The highest BCUT2D eigenvalue weighted by molar-refractivity contribution is 7.92. The van der Waals surface area contributed by atoms with Crippen molar-refractivity contribution in [3.63, 3.8) is 0 Å². The lowest BCUT2D eigenvalue weighted by Gasteiger charge is -2.24. The van der Waals surface area contributed by atoms with Crippen molar-refractivity contribution < 1.29 is 4.21 Å². The number of allylic oxidation sites excluding steroid dienone is 3. The third-order valence-corrected chi connectivity index (χ3v) is 5.96. The van der Waals surface area contributed by atoms with Gasteiger partial charge in [-0.05, 0) is 25.2 Å². The van der Waals surface area contributed by atoms with E-state index in [4.69, 9.17) is 34.8 Å². The number of hydrogen-bond acceptors (Lipinski definition) is 1. The van der Waals surface area contributed by atoms with E-state index >= 15 is 0 Å². The molecule has 0 aromatic rings. The van der Waals surface area contributed by atoms with Gasteiger partial charge in [0, 0.05) is 0 Å². The summed E-state index contributed by atoms with van der Waals surface area (Å²) >= 11 is 17.1. The SMILES string of the molecule is C/C=C1\[C@@H](S(=O)C(Cl)(Cl)Cl)[C@@H]2C=C[C@H]1C2. The Morgan fingerprint density at radius 3 is 2.67 bits per heavy atom. The molecule has 2 rings (SSSR count). The van der Waals surface area contributed by atoms with E-state index in [0.29, 0.717) is 5.92 Å². The molecule has 1 nitrogen and oxygen atoms in total. The Kier molecular flexibility index (Phi) is 3.24. The van der Waals surface area contributed by atoms with Crippen LogP contribution < -0.4 is 0 Å². The maximum atomic E-state index is 12.1. The fourth-order valence-corrected chi connectivity index (χ4v) is 4.69. The Hall–Kier alpha value is 0.500. The molecule has 0 amide bonds. The van der Waals surface area contributed by atoms with Crippen molar-refractivity contribution in [2.24, 2.45) is 11.8 Å². The van der Waals surface area contributed by atoms with Gasteiger partial charge in [-0.3, -0.25) is 4.21 Å². The molecule has 1 unspecified atom stereocenters. The molecule has 0 aromatic carbocycles. The monoisotopic (exact) mass is 284 g/mol. The largest absolute Gasteiger partial charge is 0.266 e. The first-order chi connectivity index (χ1) is 6.95. The minimum Gasteiger partial charge on any atom is -0.254 e. The summed E-state index contributed by atoms with van der Waals surface area (Å²) in [7, 11) is -1.47. The molecule has 0 radical (unpaired) electrons. The predicted octanol–water partition coefficient (Wildman–Crippen LogP) is 3.58. The van der Waals surface area contributed by atoms with Crippen molar-refractivity contribution in [1.82, 2.24) is 0 Å². The topological polar surface area (TPSA) is 17.1 Å². The van der Waals surface area contributed by atoms with Crippen molar-refractivity contribution in [3.8, 4) is 0 Å². The molecule has 4 atom stereocenters. The Morgan fingerprint density at radius 2 is 2.13 bits per heavy atom. The molecule has 0 saturated heterocycles. The maximum Gasteiger partial charge on any atom is 0.266 e. The van der Waals surface area contributed by atoms with Crippen molar-refractivity contribution in [2.45, 2.75) is 21.7 Å². The summed E-state index contributed by atoms with van der Waals surface area (Å²) in [5.41, 5.74) is 1.16. The highest BCUT2D eigenvalue weighted by atomic mass is 35.6. The summed E-state index contributed by atoms with van der Waals surface area (Å²) < 4.78 is 10.4. The summed E-state index contributed by atoms with van der Waals surface area (Å²) in [6.45, 7) is 1.95. The minimum absolute atomic E-state index is 0.113. The number of hydrogen-bond donors (Lipinski definition) is 0. The fourth-order valence-electron chi connectivity index (χ4n) is 2.46. The zero-order valence-electron chi connectivity index (χ0n) is 8.12. The summed E-state index contributed by atoms with van der Waals surface area (Å²) in [4.78, 5) is 0. The number of halogens is 3. The van der Waals surface area contributed by atoms with Crippen LogP contribution in [0.5, 0.6) is 0 Å². The van der Waals surface area contributed by atoms with Gasteiger partial charge < -0.3 is 0 Å². The molecule has 0 spiro atoms. The van der Waals surface area contributed by atoms with Gasteiger partial charge in [0.25, 0.3) is 3.12 Å². The standard InChI is InChI=1S/C10H11Cl3OS/c1-2-8-6-3-4-7(5-6)9(8)15(14)10(11,12)13/h2-4,6-7,9H,5H2,1H3/b8-2-/t6-,7+,9-,15?/m0/s1. The molecule has 2 aliphatic rings. The van der Waals surface area contributed by atoms with Crippen LogP contribution >= 0.6 is 34.8 Å². The van der Waals surface area contributed by atoms with E-state index in [0.717, 1.165) is 12.0 Å². The van der Waals surface area contributed by atoms with E-state index in [1.165, 1.54) is 0 Å². The van der Waals surface area contributed by atoms with E-state index in [1.807, 2.05) is 13.0 Å². The number of alkyl halides is 3. The van der Waals surface area contributed by atoms with Crippen LogP contribution in [-0.2, 0) is 10.8 Å². The summed E-state index contributed by atoms with van der Waals surface area (Å²) in [5, 5.41) is -0.113. The molecule has 84 valence electrons. The molecule has 2 bridgehead atoms. The lowest BCUT2D eigenvalue weighted by Crippen LogP contribution is -2.30. The highest BCUT2D eigenvalue weighted by Crippen LogP contribution is 2.49. The van der Waals surface area contributed by atoms with Gasteiger partial charge in [0.05, 0.1) is 16.0 Å². The van der Waals surface area contributed by atoms with E-state index in [1.54, 1.807) is 0 Å². The smallest absolute Gasteiger partial charge is 0.254 e. The van der Waals surface area contributed by atoms with Crippen molar-refractivity contribution in [2.75, 3.05) is 0 Å². The molecule has 0 N–H and O–H groups in total. The van der Waals surface area contributed by atoms with Gasteiger partial charge in [-0.1, -0.05) is 58.6 Å². The predicted molar refractivity (Wildman–Crippen MR) is 66.7 cm³/mol. The number of fused-ring (bicyclic) bond motifs is 2. The van der Waals surface area contributed by atoms with Crippen molar-refractivity contribution in [1.29, 1.82) is 0 Å².